The first-order valence-corrected chi connectivity index (χ1v) is 8.84. The van der Waals surface area contributed by atoms with E-state index in [0.29, 0.717) is 32.9 Å². The first-order chi connectivity index (χ1) is 11.9. The normalized spacial score (nSPS) is 10.4. The van der Waals surface area contributed by atoms with Gasteiger partial charge in [-0.25, -0.2) is 0 Å². The summed E-state index contributed by atoms with van der Waals surface area (Å²) in [5, 5.41) is 4.07. The molecule has 25 heavy (non-hydrogen) atoms. The summed E-state index contributed by atoms with van der Waals surface area (Å²) in [4.78, 5) is 26.4. The number of nitrogens with zero attached hydrogens (tertiary/aromatic N) is 1. The molecule has 2 aromatic rings. The third-order valence-corrected chi connectivity index (χ3v) is 4.21. The maximum atomic E-state index is 12.6. The Labute approximate surface area is 161 Å². The number of anilines is 1. The standard InChI is InChI=1S/C18H17Cl3N2O2/c1-2-9-23(18(25)12-3-5-13(19)6-4-12)11-17(24)22-16-8-7-14(20)10-15(16)21/h3-8,10H,2,9,11H2,1H3,(H,22,24). The van der Waals surface area contributed by atoms with Crippen LogP contribution in [-0.2, 0) is 4.79 Å². The number of halogens is 3. The van der Waals surface area contributed by atoms with Gasteiger partial charge in [0.05, 0.1) is 10.7 Å². The Morgan fingerprint density at radius 3 is 2.24 bits per heavy atom. The van der Waals surface area contributed by atoms with Crippen molar-refractivity contribution >= 4 is 52.3 Å². The summed E-state index contributed by atoms with van der Waals surface area (Å²) in [5.74, 6) is -0.559. The summed E-state index contributed by atoms with van der Waals surface area (Å²) in [6.45, 7) is 2.33. The van der Waals surface area contributed by atoms with Gasteiger partial charge in [0.2, 0.25) is 5.91 Å². The molecule has 7 heteroatoms. The van der Waals surface area contributed by atoms with Gasteiger partial charge in [-0.1, -0.05) is 41.7 Å². The molecule has 0 bridgehead atoms. The quantitative estimate of drug-likeness (QED) is 0.731. The van der Waals surface area contributed by atoms with E-state index in [1.54, 1.807) is 42.5 Å². The van der Waals surface area contributed by atoms with Crippen molar-refractivity contribution in [2.75, 3.05) is 18.4 Å². The second-order valence-corrected chi connectivity index (χ2v) is 6.69. The van der Waals surface area contributed by atoms with E-state index < -0.39 is 0 Å². The first kappa shape index (κ1) is 19.6. The average molecular weight is 400 g/mol. The van der Waals surface area contributed by atoms with E-state index in [9.17, 15) is 9.59 Å². The van der Waals surface area contributed by atoms with E-state index in [1.165, 1.54) is 4.90 Å². The zero-order chi connectivity index (χ0) is 18.4. The van der Waals surface area contributed by atoms with Gasteiger partial charge in [-0.3, -0.25) is 9.59 Å². The van der Waals surface area contributed by atoms with Crippen molar-refractivity contribution < 1.29 is 9.59 Å². The van der Waals surface area contributed by atoms with Crippen LogP contribution in [0.4, 0.5) is 5.69 Å². The van der Waals surface area contributed by atoms with Crippen molar-refractivity contribution in [1.29, 1.82) is 0 Å². The highest BCUT2D eigenvalue weighted by molar-refractivity contribution is 6.36. The van der Waals surface area contributed by atoms with E-state index >= 15 is 0 Å². The second kappa shape index (κ2) is 9.09. The number of hydrogen-bond acceptors (Lipinski definition) is 2. The lowest BCUT2D eigenvalue weighted by atomic mass is 10.2. The van der Waals surface area contributed by atoms with E-state index in [1.807, 2.05) is 6.92 Å². The summed E-state index contributed by atoms with van der Waals surface area (Å²) in [6, 6.07) is 11.4. The SMILES string of the molecule is CCCN(CC(=O)Nc1ccc(Cl)cc1Cl)C(=O)c1ccc(Cl)cc1. The summed E-state index contributed by atoms with van der Waals surface area (Å²) >= 11 is 17.7. The summed E-state index contributed by atoms with van der Waals surface area (Å²) < 4.78 is 0. The molecule has 2 aromatic carbocycles. The van der Waals surface area contributed by atoms with Gasteiger partial charge in [0.25, 0.3) is 5.91 Å². The molecule has 1 N–H and O–H groups in total. The fraction of sp³-hybridized carbons (Fsp3) is 0.222. The predicted molar refractivity (Wildman–Crippen MR) is 103 cm³/mol. The Balaban J connectivity index is 2.08. The summed E-state index contributed by atoms with van der Waals surface area (Å²) in [7, 11) is 0. The molecule has 0 radical (unpaired) electrons. The lowest BCUT2D eigenvalue weighted by molar-refractivity contribution is -0.116. The molecule has 0 aliphatic carbocycles. The maximum Gasteiger partial charge on any atom is 0.254 e. The number of hydrogen-bond donors (Lipinski definition) is 1. The van der Waals surface area contributed by atoms with Crippen molar-refractivity contribution in [2.45, 2.75) is 13.3 Å². The van der Waals surface area contributed by atoms with Gasteiger partial charge in [-0.2, -0.15) is 0 Å². The topological polar surface area (TPSA) is 49.4 Å². The van der Waals surface area contributed by atoms with Crippen molar-refractivity contribution in [3.63, 3.8) is 0 Å². The van der Waals surface area contributed by atoms with Crippen LogP contribution in [0.2, 0.25) is 15.1 Å². The minimum Gasteiger partial charge on any atom is -0.329 e. The smallest absolute Gasteiger partial charge is 0.254 e. The van der Waals surface area contributed by atoms with E-state index in [0.717, 1.165) is 6.42 Å². The minimum absolute atomic E-state index is 0.0751. The predicted octanol–water partition coefficient (Wildman–Crippen LogP) is 5.14. The highest BCUT2D eigenvalue weighted by Crippen LogP contribution is 2.25. The molecule has 0 aromatic heterocycles. The van der Waals surface area contributed by atoms with Gasteiger partial charge in [0.1, 0.15) is 6.54 Å². The molecular weight excluding hydrogens is 383 g/mol. The Hall–Kier alpha value is -1.75. The Morgan fingerprint density at radius 1 is 1.00 bits per heavy atom. The molecule has 2 rings (SSSR count). The minimum atomic E-state index is -0.333. The Kier molecular flexibility index (Phi) is 7.12. The van der Waals surface area contributed by atoms with Crippen LogP contribution in [0.5, 0.6) is 0 Å². The van der Waals surface area contributed by atoms with E-state index in [-0.39, 0.29) is 18.4 Å². The van der Waals surface area contributed by atoms with Crippen LogP contribution in [0, 0.1) is 0 Å². The third kappa shape index (κ3) is 5.63. The zero-order valence-electron chi connectivity index (χ0n) is 13.6. The molecule has 4 nitrogen and oxygen atoms in total. The number of carbonyl (C=O) groups is 2. The average Bonchev–Trinajstić information content (AvgIpc) is 2.57. The molecule has 2 amide bonds. The van der Waals surface area contributed by atoms with Crippen molar-refractivity contribution in [2.24, 2.45) is 0 Å². The third-order valence-electron chi connectivity index (χ3n) is 3.41. The second-order valence-electron chi connectivity index (χ2n) is 5.41. The van der Waals surface area contributed by atoms with Gasteiger partial charge >= 0.3 is 0 Å². The first-order valence-electron chi connectivity index (χ1n) is 7.70. The molecule has 0 aliphatic rings. The van der Waals surface area contributed by atoms with Gasteiger partial charge in [-0.15, -0.1) is 0 Å². The number of carbonyl (C=O) groups excluding carboxylic acids is 2. The van der Waals surface area contributed by atoms with Gasteiger partial charge in [0, 0.05) is 22.2 Å². The lowest BCUT2D eigenvalue weighted by Gasteiger charge is -2.22. The van der Waals surface area contributed by atoms with Crippen LogP contribution < -0.4 is 5.32 Å². The van der Waals surface area contributed by atoms with Crippen molar-refractivity contribution in [3.05, 3.63) is 63.1 Å². The molecule has 0 unspecified atom stereocenters. The fourth-order valence-electron chi connectivity index (χ4n) is 2.25. The largest absolute Gasteiger partial charge is 0.329 e. The maximum absolute atomic E-state index is 12.6. The zero-order valence-corrected chi connectivity index (χ0v) is 15.8. The molecular formula is C18H17Cl3N2O2. The highest BCUT2D eigenvalue weighted by atomic mass is 35.5. The number of amides is 2. The number of rotatable bonds is 6. The summed E-state index contributed by atoms with van der Waals surface area (Å²) in [6.07, 6.45) is 0.730. The van der Waals surface area contributed by atoms with Crippen LogP contribution in [0.1, 0.15) is 23.7 Å². The summed E-state index contributed by atoms with van der Waals surface area (Å²) in [5.41, 5.74) is 0.932. The highest BCUT2D eigenvalue weighted by Gasteiger charge is 2.18. The van der Waals surface area contributed by atoms with Crippen LogP contribution >= 0.6 is 34.8 Å². The molecule has 132 valence electrons. The van der Waals surface area contributed by atoms with Gasteiger partial charge in [0.15, 0.2) is 0 Å². The molecule has 0 spiro atoms. The molecule has 0 aliphatic heterocycles. The van der Waals surface area contributed by atoms with E-state index in [2.05, 4.69) is 5.32 Å². The van der Waals surface area contributed by atoms with Crippen molar-refractivity contribution in [1.82, 2.24) is 4.90 Å². The monoisotopic (exact) mass is 398 g/mol. The lowest BCUT2D eigenvalue weighted by Crippen LogP contribution is -2.38. The van der Waals surface area contributed by atoms with Gasteiger partial charge in [-0.05, 0) is 48.9 Å². The van der Waals surface area contributed by atoms with E-state index in [4.69, 9.17) is 34.8 Å². The molecule has 0 atom stereocenters. The Bertz CT molecular complexity index is 763. The molecule has 0 saturated carbocycles. The van der Waals surface area contributed by atoms with Gasteiger partial charge < -0.3 is 10.2 Å². The van der Waals surface area contributed by atoms with Crippen LogP contribution in [0.15, 0.2) is 42.5 Å². The number of benzene rings is 2. The number of nitrogens with one attached hydrogen (secondary N) is 1. The molecule has 0 fully saturated rings. The molecule has 0 heterocycles. The van der Waals surface area contributed by atoms with Crippen LogP contribution in [0.3, 0.4) is 0 Å². The van der Waals surface area contributed by atoms with Crippen LogP contribution in [0.25, 0.3) is 0 Å². The fourth-order valence-corrected chi connectivity index (χ4v) is 2.83. The van der Waals surface area contributed by atoms with Crippen molar-refractivity contribution in [3.8, 4) is 0 Å². The molecule has 0 saturated heterocycles. The van der Waals surface area contributed by atoms with Crippen LogP contribution in [-0.4, -0.2) is 29.8 Å². The Morgan fingerprint density at radius 2 is 1.64 bits per heavy atom.